The predicted molar refractivity (Wildman–Crippen MR) is 130 cm³/mol. The molecule has 3 aliphatic heterocycles. The Morgan fingerprint density at radius 2 is 1.94 bits per heavy atom. The largest absolute Gasteiger partial charge is 0.494 e. The molecule has 3 fully saturated rings. The van der Waals surface area contributed by atoms with Crippen LogP contribution in [0.25, 0.3) is 0 Å². The topological polar surface area (TPSA) is 117 Å². The molecule has 0 radical (unpaired) electrons. The number of anilines is 1. The highest BCUT2D eigenvalue weighted by Gasteiger charge is 2.79. The van der Waals surface area contributed by atoms with Crippen molar-refractivity contribution in [3.8, 4) is 5.75 Å². The minimum absolute atomic E-state index is 0.0326. The van der Waals surface area contributed by atoms with Gasteiger partial charge in [-0.1, -0.05) is 6.92 Å². The van der Waals surface area contributed by atoms with Crippen LogP contribution in [0.1, 0.15) is 47.5 Å². The Morgan fingerprint density at radius 1 is 1.26 bits per heavy atom. The number of ether oxygens (including phenoxy) is 2. The second kappa shape index (κ2) is 9.43. The van der Waals surface area contributed by atoms with Crippen molar-refractivity contribution >= 4 is 23.4 Å². The Kier molecular flexibility index (Phi) is 6.85. The van der Waals surface area contributed by atoms with Gasteiger partial charge in [-0.3, -0.25) is 14.4 Å². The maximum Gasteiger partial charge on any atom is 0.246 e. The lowest BCUT2D eigenvalue weighted by Gasteiger charge is -2.36. The van der Waals surface area contributed by atoms with Gasteiger partial charge >= 0.3 is 0 Å². The molecule has 192 valence electrons. The van der Waals surface area contributed by atoms with Crippen molar-refractivity contribution < 1.29 is 29.0 Å². The number of likely N-dealkylation sites (tertiary alicyclic amines) is 1. The third-order valence-corrected chi connectivity index (χ3v) is 7.77. The van der Waals surface area contributed by atoms with E-state index in [2.05, 4.69) is 10.6 Å². The molecular weight excluding hydrogens is 450 g/mol. The third-order valence-electron chi connectivity index (χ3n) is 7.77. The van der Waals surface area contributed by atoms with Crippen LogP contribution in [0.2, 0.25) is 0 Å². The first kappa shape index (κ1) is 25.4. The van der Waals surface area contributed by atoms with Gasteiger partial charge in [0.05, 0.1) is 24.0 Å². The quantitative estimate of drug-likeness (QED) is 0.490. The molecule has 4 rings (SSSR count). The summed E-state index contributed by atoms with van der Waals surface area (Å²) in [5.41, 5.74) is -1.36. The van der Waals surface area contributed by atoms with E-state index in [-0.39, 0.29) is 42.8 Å². The second-order valence-corrected chi connectivity index (χ2v) is 10.4. The first-order chi connectivity index (χ1) is 16.6. The zero-order valence-electron chi connectivity index (χ0n) is 21.2. The third kappa shape index (κ3) is 4.08. The number of carbonyl (C=O) groups is 3. The van der Waals surface area contributed by atoms with E-state index >= 15 is 0 Å². The maximum atomic E-state index is 13.8. The lowest BCUT2D eigenvalue weighted by Crippen LogP contribution is -2.56. The molecule has 1 aromatic rings. The van der Waals surface area contributed by atoms with Crippen molar-refractivity contribution in [2.24, 2.45) is 17.8 Å². The first-order valence-corrected chi connectivity index (χ1v) is 12.5. The fourth-order valence-electron chi connectivity index (χ4n) is 6.31. The van der Waals surface area contributed by atoms with E-state index in [4.69, 9.17) is 9.47 Å². The van der Waals surface area contributed by atoms with Crippen LogP contribution >= 0.6 is 0 Å². The molecular formula is C26H37N3O6. The Hall–Kier alpha value is -2.65. The lowest BCUT2D eigenvalue weighted by molar-refractivity contribution is -0.146. The van der Waals surface area contributed by atoms with Gasteiger partial charge in [-0.05, 0) is 70.7 Å². The van der Waals surface area contributed by atoms with Crippen molar-refractivity contribution in [1.82, 2.24) is 10.2 Å². The minimum Gasteiger partial charge on any atom is -0.494 e. The summed E-state index contributed by atoms with van der Waals surface area (Å²) in [5, 5.41) is 15.3. The van der Waals surface area contributed by atoms with E-state index in [9.17, 15) is 19.5 Å². The highest BCUT2D eigenvalue weighted by Crippen LogP contribution is 2.65. The lowest BCUT2D eigenvalue weighted by atomic mass is 9.62. The van der Waals surface area contributed by atoms with Crippen LogP contribution in [0.15, 0.2) is 24.3 Å². The van der Waals surface area contributed by atoms with E-state index in [1.165, 1.54) is 4.90 Å². The maximum absolute atomic E-state index is 13.8. The summed E-state index contributed by atoms with van der Waals surface area (Å²) >= 11 is 0. The molecule has 3 aliphatic rings. The fourth-order valence-corrected chi connectivity index (χ4v) is 6.31. The molecule has 3 saturated heterocycles. The molecule has 3 N–H and O–H groups in total. The number of amides is 3. The smallest absolute Gasteiger partial charge is 0.246 e. The number of benzene rings is 1. The van der Waals surface area contributed by atoms with Gasteiger partial charge < -0.3 is 30.1 Å². The number of carbonyl (C=O) groups excluding carboxylic acids is 3. The van der Waals surface area contributed by atoms with E-state index in [0.717, 1.165) is 0 Å². The number of aliphatic hydroxyl groups excluding tert-OH is 1. The summed E-state index contributed by atoms with van der Waals surface area (Å²) in [6.45, 7) is 10.2. The monoisotopic (exact) mass is 487 g/mol. The highest BCUT2D eigenvalue weighted by atomic mass is 16.5. The molecule has 3 heterocycles. The van der Waals surface area contributed by atoms with Crippen LogP contribution in [0.3, 0.4) is 0 Å². The van der Waals surface area contributed by atoms with Crippen LogP contribution in [0.4, 0.5) is 5.69 Å². The zero-order valence-corrected chi connectivity index (χ0v) is 21.2. The summed E-state index contributed by atoms with van der Waals surface area (Å²) in [5.74, 6) is -1.68. The fraction of sp³-hybridized carbons (Fsp3) is 0.654. The van der Waals surface area contributed by atoms with Crippen molar-refractivity contribution in [3.05, 3.63) is 24.3 Å². The van der Waals surface area contributed by atoms with Gasteiger partial charge in [0, 0.05) is 24.9 Å². The van der Waals surface area contributed by atoms with Gasteiger partial charge in [0.15, 0.2) is 0 Å². The van der Waals surface area contributed by atoms with E-state index < -0.39 is 29.1 Å². The minimum atomic E-state index is -1.08. The Morgan fingerprint density at radius 3 is 2.54 bits per heavy atom. The second-order valence-electron chi connectivity index (χ2n) is 10.4. The predicted octanol–water partition coefficient (Wildman–Crippen LogP) is 1.94. The van der Waals surface area contributed by atoms with Crippen molar-refractivity contribution in [2.75, 3.05) is 25.1 Å². The number of hydrogen-bond acceptors (Lipinski definition) is 6. The normalized spacial score (nSPS) is 33.2. The Labute approximate surface area is 206 Å². The van der Waals surface area contributed by atoms with Crippen LogP contribution in [-0.4, -0.2) is 70.8 Å². The van der Waals surface area contributed by atoms with Crippen LogP contribution < -0.4 is 15.4 Å². The van der Waals surface area contributed by atoms with Gasteiger partial charge in [0.1, 0.15) is 17.4 Å². The van der Waals surface area contributed by atoms with E-state index in [1.54, 1.807) is 24.3 Å². The molecule has 1 spiro atoms. The summed E-state index contributed by atoms with van der Waals surface area (Å²) < 4.78 is 12.1. The molecule has 0 aromatic heterocycles. The van der Waals surface area contributed by atoms with Crippen molar-refractivity contribution in [3.63, 3.8) is 0 Å². The highest BCUT2D eigenvalue weighted by molar-refractivity contribution is 6.02. The molecule has 0 saturated carbocycles. The summed E-state index contributed by atoms with van der Waals surface area (Å²) in [6.07, 6.45) is 0.856. The van der Waals surface area contributed by atoms with Crippen LogP contribution in [-0.2, 0) is 19.1 Å². The zero-order chi connectivity index (χ0) is 25.5. The molecule has 1 aromatic carbocycles. The van der Waals surface area contributed by atoms with Gasteiger partial charge in [0.2, 0.25) is 17.7 Å². The summed E-state index contributed by atoms with van der Waals surface area (Å²) in [6, 6.07) is 6.14. The Balaban J connectivity index is 1.68. The molecule has 6 atom stereocenters. The van der Waals surface area contributed by atoms with Crippen LogP contribution in [0, 0.1) is 17.8 Å². The number of nitrogens with zero attached hydrogens (tertiary/aromatic N) is 1. The number of nitrogens with one attached hydrogen (secondary N) is 2. The van der Waals surface area contributed by atoms with Gasteiger partial charge in [-0.2, -0.15) is 0 Å². The van der Waals surface area contributed by atoms with Gasteiger partial charge in [-0.25, -0.2) is 0 Å². The van der Waals surface area contributed by atoms with Crippen LogP contribution in [0.5, 0.6) is 5.75 Å². The van der Waals surface area contributed by atoms with Crippen molar-refractivity contribution in [1.29, 1.82) is 0 Å². The molecule has 2 bridgehead atoms. The molecule has 9 heteroatoms. The SMILES string of the molecule is CCOc1ccc(NC(=O)[C@H]2[C@H]3C(=O)N(CCCO)C(C(=O)NC(C)C)C34CC(C)[C@]2(C)O4)cc1. The molecule has 35 heavy (non-hydrogen) atoms. The van der Waals surface area contributed by atoms with Gasteiger partial charge in [-0.15, -0.1) is 0 Å². The standard InChI is InChI=1S/C26H37N3O6/c1-6-34-18-10-8-17(9-11-18)28-22(31)19-20-24(33)29(12-7-13-30)21(23(32)27-15(2)3)26(20)14-16(4)25(19,5)35-26/h8-11,15-16,19-21,30H,6-7,12-14H2,1-5H3,(H,27,32)(H,28,31)/t16?,19-,20+,21?,25+,26?/m1/s1. The number of fused-ring (bicyclic) bond motifs is 1. The average Bonchev–Trinajstić information content (AvgIpc) is 3.30. The Bertz CT molecular complexity index is 982. The van der Waals surface area contributed by atoms with Gasteiger partial charge in [0.25, 0.3) is 0 Å². The molecule has 9 nitrogen and oxygen atoms in total. The molecule has 3 unspecified atom stereocenters. The first-order valence-electron chi connectivity index (χ1n) is 12.5. The van der Waals surface area contributed by atoms with E-state index in [1.807, 2.05) is 34.6 Å². The summed E-state index contributed by atoms with van der Waals surface area (Å²) in [7, 11) is 0. The summed E-state index contributed by atoms with van der Waals surface area (Å²) in [4.78, 5) is 42.4. The number of hydrogen-bond donors (Lipinski definition) is 3. The molecule has 3 amide bonds. The number of aliphatic hydroxyl groups is 1. The van der Waals surface area contributed by atoms with E-state index in [0.29, 0.717) is 30.9 Å². The van der Waals surface area contributed by atoms with Crippen molar-refractivity contribution in [2.45, 2.75) is 70.7 Å². The number of rotatable bonds is 9. The average molecular weight is 488 g/mol. The molecule has 0 aliphatic carbocycles.